The van der Waals surface area contributed by atoms with E-state index in [0.717, 1.165) is 5.75 Å². The fourth-order valence-corrected chi connectivity index (χ4v) is 2.62. The van der Waals surface area contributed by atoms with Gasteiger partial charge in [-0.15, -0.1) is 0 Å². The standard InChI is InChI=1S/C13H20BrFOSi/c1-13(2,3)17(4,5)16-11-6-7-12(15)10(8-11)9-14/h6-8H,9H2,1-5H3. The van der Waals surface area contributed by atoms with Crippen LogP contribution in [0.4, 0.5) is 4.39 Å². The van der Waals surface area contributed by atoms with Crippen LogP contribution >= 0.6 is 15.9 Å². The van der Waals surface area contributed by atoms with Crippen molar-refractivity contribution in [2.45, 2.75) is 44.2 Å². The summed E-state index contributed by atoms with van der Waals surface area (Å²) in [4.78, 5) is 0. The van der Waals surface area contributed by atoms with E-state index in [4.69, 9.17) is 4.43 Å². The highest BCUT2D eigenvalue weighted by Crippen LogP contribution is 2.37. The van der Waals surface area contributed by atoms with Gasteiger partial charge in [-0.25, -0.2) is 4.39 Å². The molecule has 0 aromatic heterocycles. The Labute approximate surface area is 113 Å². The van der Waals surface area contributed by atoms with Crippen LogP contribution in [0.2, 0.25) is 18.1 Å². The van der Waals surface area contributed by atoms with E-state index in [0.29, 0.717) is 10.9 Å². The zero-order valence-corrected chi connectivity index (χ0v) is 13.7. The third-order valence-corrected chi connectivity index (χ3v) is 8.30. The van der Waals surface area contributed by atoms with Gasteiger partial charge in [-0.1, -0.05) is 36.7 Å². The van der Waals surface area contributed by atoms with Crippen molar-refractivity contribution < 1.29 is 8.82 Å². The molecule has 0 aliphatic heterocycles. The largest absolute Gasteiger partial charge is 0.543 e. The topological polar surface area (TPSA) is 9.23 Å². The van der Waals surface area contributed by atoms with Gasteiger partial charge in [0.25, 0.3) is 0 Å². The van der Waals surface area contributed by atoms with Crippen LogP contribution < -0.4 is 4.43 Å². The quantitative estimate of drug-likeness (QED) is 0.556. The lowest BCUT2D eigenvalue weighted by Crippen LogP contribution is -2.43. The number of hydrogen-bond acceptors (Lipinski definition) is 1. The van der Waals surface area contributed by atoms with Crippen molar-refractivity contribution in [3.8, 4) is 5.75 Å². The first kappa shape index (κ1) is 14.7. The molecule has 1 aromatic carbocycles. The predicted octanol–water partition coefficient (Wildman–Crippen LogP) is 5.10. The molecule has 0 heterocycles. The first-order valence-electron chi connectivity index (χ1n) is 5.71. The van der Waals surface area contributed by atoms with Crippen LogP contribution in [0.25, 0.3) is 0 Å². The van der Waals surface area contributed by atoms with Crippen LogP contribution in [-0.2, 0) is 5.33 Å². The van der Waals surface area contributed by atoms with Gasteiger partial charge in [-0.05, 0) is 36.3 Å². The van der Waals surface area contributed by atoms with Crippen LogP contribution in [0.3, 0.4) is 0 Å². The number of halogens is 2. The smallest absolute Gasteiger partial charge is 0.250 e. The average molecular weight is 319 g/mol. The second-order valence-corrected chi connectivity index (χ2v) is 11.0. The third kappa shape index (κ3) is 3.55. The molecule has 0 radical (unpaired) electrons. The summed E-state index contributed by atoms with van der Waals surface area (Å²) in [7, 11) is -1.84. The Morgan fingerprint density at radius 2 is 1.88 bits per heavy atom. The molecule has 0 amide bonds. The van der Waals surface area contributed by atoms with Gasteiger partial charge in [-0.3, -0.25) is 0 Å². The minimum Gasteiger partial charge on any atom is -0.543 e. The van der Waals surface area contributed by atoms with Gasteiger partial charge in [0, 0.05) is 10.9 Å². The second kappa shape index (κ2) is 5.10. The number of benzene rings is 1. The highest BCUT2D eigenvalue weighted by Gasteiger charge is 2.38. The summed E-state index contributed by atoms with van der Waals surface area (Å²) in [5.41, 5.74) is 0.640. The molecule has 1 nitrogen and oxygen atoms in total. The zero-order valence-electron chi connectivity index (χ0n) is 11.1. The maximum Gasteiger partial charge on any atom is 0.250 e. The highest BCUT2D eigenvalue weighted by molar-refractivity contribution is 9.08. The van der Waals surface area contributed by atoms with E-state index in [1.54, 1.807) is 12.1 Å². The molecule has 0 fully saturated rings. The van der Waals surface area contributed by atoms with Crippen LogP contribution in [0.15, 0.2) is 18.2 Å². The van der Waals surface area contributed by atoms with Crippen LogP contribution in [0.5, 0.6) is 5.75 Å². The van der Waals surface area contributed by atoms with E-state index >= 15 is 0 Å². The lowest BCUT2D eigenvalue weighted by atomic mass is 10.2. The van der Waals surface area contributed by atoms with E-state index in [1.165, 1.54) is 6.07 Å². The molecule has 4 heteroatoms. The van der Waals surface area contributed by atoms with E-state index in [2.05, 4.69) is 49.8 Å². The molecule has 1 rings (SSSR count). The number of rotatable bonds is 3. The summed E-state index contributed by atoms with van der Waals surface area (Å²) in [5.74, 6) is 0.580. The fourth-order valence-electron chi connectivity index (χ4n) is 1.16. The van der Waals surface area contributed by atoms with Gasteiger partial charge >= 0.3 is 0 Å². The molecule has 0 aliphatic carbocycles. The van der Waals surface area contributed by atoms with Crippen LogP contribution in [-0.4, -0.2) is 8.32 Å². The minimum atomic E-state index is -1.84. The Hall–Kier alpha value is -0.353. The summed E-state index contributed by atoms with van der Waals surface area (Å²) in [6.07, 6.45) is 0. The first-order valence-corrected chi connectivity index (χ1v) is 9.74. The molecule has 0 N–H and O–H groups in total. The normalized spacial score (nSPS) is 12.6. The van der Waals surface area contributed by atoms with Crippen LogP contribution in [0, 0.1) is 5.82 Å². The maximum atomic E-state index is 13.4. The molecule has 0 spiro atoms. The van der Waals surface area contributed by atoms with Gasteiger partial charge in [0.15, 0.2) is 0 Å². The molecule has 96 valence electrons. The summed E-state index contributed by atoms with van der Waals surface area (Å²) in [5, 5.41) is 0.656. The molecule has 0 saturated carbocycles. The van der Waals surface area contributed by atoms with Crippen molar-refractivity contribution in [3.63, 3.8) is 0 Å². The molecule has 17 heavy (non-hydrogen) atoms. The van der Waals surface area contributed by atoms with Crippen molar-refractivity contribution in [2.75, 3.05) is 0 Å². The molecule has 0 bridgehead atoms. The maximum absolute atomic E-state index is 13.4. The molecular formula is C13H20BrFOSi. The second-order valence-electron chi connectivity index (χ2n) is 5.75. The summed E-state index contributed by atoms with van der Waals surface area (Å²) >= 11 is 3.28. The van der Waals surface area contributed by atoms with Gasteiger partial charge in [0.1, 0.15) is 11.6 Å². The number of alkyl halides is 1. The summed E-state index contributed by atoms with van der Waals surface area (Å²) < 4.78 is 19.5. The van der Waals surface area contributed by atoms with Crippen molar-refractivity contribution in [2.24, 2.45) is 0 Å². The lowest BCUT2D eigenvalue weighted by molar-refractivity contribution is 0.489. The van der Waals surface area contributed by atoms with Gasteiger partial charge < -0.3 is 4.43 Å². The molecule has 0 atom stereocenters. The predicted molar refractivity (Wildman–Crippen MR) is 76.9 cm³/mol. The summed E-state index contributed by atoms with van der Waals surface area (Å²) in [6.45, 7) is 10.9. The van der Waals surface area contributed by atoms with E-state index < -0.39 is 8.32 Å². The zero-order chi connectivity index (χ0) is 13.3. The Morgan fingerprint density at radius 3 is 2.35 bits per heavy atom. The average Bonchev–Trinajstić information content (AvgIpc) is 2.19. The molecule has 0 aliphatic rings. The van der Waals surface area contributed by atoms with Crippen LogP contribution in [0.1, 0.15) is 26.3 Å². The van der Waals surface area contributed by atoms with Gasteiger partial charge in [0.2, 0.25) is 8.32 Å². The van der Waals surface area contributed by atoms with Crippen molar-refractivity contribution in [3.05, 3.63) is 29.6 Å². The Balaban J connectivity index is 2.96. The molecule has 1 aromatic rings. The van der Waals surface area contributed by atoms with Crippen molar-refractivity contribution in [1.29, 1.82) is 0 Å². The minimum absolute atomic E-state index is 0.149. The van der Waals surface area contributed by atoms with Gasteiger partial charge in [0.05, 0.1) is 0 Å². The van der Waals surface area contributed by atoms with E-state index in [1.807, 2.05) is 0 Å². The Morgan fingerprint density at radius 1 is 1.29 bits per heavy atom. The van der Waals surface area contributed by atoms with E-state index in [-0.39, 0.29) is 10.9 Å². The number of hydrogen-bond donors (Lipinski definition) is 0. The highest BCUT2D eigenvalue weighted by atomic mass is 79.9. The molecule has 0 unspecified atom stereocenters. The SMILES string of the molecule is CC(C)(C)[Si](C)(C)Oc1ccc(F)c(CBr)c1. The van der Waals surface area contributed by atoms with Crippen molar-refractivity contribution in [1.82, 2.24) is 0 Å². The van der Waals surface area contributed by atoms with Gasteiger partial charge in [-0.2, -0.15) is 0 Å². The Bertz CT molecular complexity index is 399. The van der Waals surface area contributed by atoms with Crippen molar-refractivity contribution >= 4 is 24.2 Å². The third-order valence-electron chi connectivity index (χ3n) is 3.34. The lowest BCUT2D eigenvalue weighted by Gasteiger charge is -2.36. The first-order chi connectivity index (χ1) is 7.67. The monoisotopic (exact) mass is 318 g/mol. The fraction of sp³-hybridized carbons (Fsp3) is 0.538. The molecular weight excluding hydrogens is 299 g/mol. The Kier molecular flexibility index (Phi) is 4.41. The molecule has 0 saturated heterocycles. The summed E-state index contributed by atoms with van der Waals surface area (Å²) in [6, 6.07) is 4.96. The van der Waals surface area contributed by atoms with E-state index in [9.17, 15) is 4.39 Å².